The number of benzene rings is 3. The molecule has 0 unspecified atom stereocenters. The fourth-order valence-electron chi connectivity index (χ4n) is 2.93. The third kappa shape index (κ3) is 5.33. The number of nitrogens with zero attached hydrogens (tertiary/aromatic N) is 2. The lowest BCUT2D eigenvalue weighted by molar-refractivity contribution is -0.137. The van der Waals surface area contributed by atoms with E-state index >= 15 is 0 Å². The Bertz CT molecular complexity index is 1040. The summed E-state index contributed by atoms with van der Waals surface area (Å²) in [7, 11) is 0. The smallest absolute Gasteiger partial charge is 0.265 e. The third-order valence-corrected chi connectivity index (χ3v) is 5.21. The Morgan fingerprint density at radius 3 is 2.14 bits per heavy atom. The topological polar surface area (TPSA) is 36.1 Å². The van der Waals surface area contributed by atoms with Crippen LogP contribution >= 0.6 is 15.9 Å². The van der Waals surface area contributed by atoms with Crippen LogP contribution in [0.25, 0.3) is 0 Å². The van der Waals surface area contributed by atoms with Gasteiger partial charge in [0.25, 0.3) is 0 Å². The highest BCUT2D eigenvalue weighted by Gasteiger charge is 2.30. The van der Waals surface area contributed by atoms with Crippen LogP contribution in [-0.4, -0.2) is 5.71 Å². The van der Waals surface area contributed by atoms with E-state index < -0.39 is 11.7 Å². The molecule has 6 heteroatoms. The largest absolute Gasteiger partial charge is 0.416 e. The molecule has 0 bridgehead atoms. The number of halogens is 4. The molecule has 0 N–H and O–H groups in total. The van der Waals surface area contributed by atoms with Crippen LogP contribution in [0.3, 0.4) is 0 Å². The van der Waals surface area contributed by atoms with Gasteiger partial charge >= 0.3 is 6.18 Å². The highest BCUT2D eigenvalue weighted by atomic mass is 79.9. The molecule has 3 aromatic rings. The maximum atomic E-state index is 12.8. The molecule has 0 saturated carbocycles. The fraction of sp³-hybridized carbons (Fsp3) is 0.130. The molecule has 146 valence electrons. The SMILES string of the molecule is N#CC(=N[C@H](Cc1ccccc1Br)c1ccccc1)c1ccc(C(F)(F)F)cc1. The van der Waals surface area contributed by atoms with Crippen LogP contribution in [0.4, 0.5) is 13.2 Å². The molecule has 0 fully saturated rings. The van der Waals surface area contributed by atoms with Gasteiger partial charge in [-0.25, -0.2) is 0 Å². The van der Waals surface area contributed by atoms with Crippen LogP contribution in [0.15, 0.2) is 88.3 Å². The molecule has 0 aliphatic carbocycles. The minimum absolute atomic E-state index is 0.0969. The van der Waals surface area contributed by atoms with E-state index in [1.807, 2.05) is 60.7 Å². The van der Waals surface area contributed by atoms with Crippen LogP contribution in [0, 0.1) is 11.3 Å². The molecule has 1 atom stereocenters. The van der Waals surface area contributed by atoms with Gasteiger partial charge in [0.1, 0.15) is 11.8 Å². The lowest BCUT2D eigenvalue weighted by Crippen LogP contribution is -2.08. The van der Waals surface area contributed by atoms with Gasteiger partial charge in [0.15, 0.2) is 0 Å². The Morgan fingerprint density at radius 1 is 0.931 bits per heavy atom. The summed E-state index contributed by atoms with van der Waals surface area (Å²) in [6, 6.07) is 23.4. The lowest BCUT2D eigenvalue weighted by atomic mass is 9.98. The third-order valence-electron chi connectivity index (χ3n) is 4.43. The van der Waals surface area contributed by atoms with E-state index in [9.17, 15) is 18.4 Å². The van der Waals surface area contributed by atoms with Gasteiger partial charge in [0.2, 0.25) is 0 Å². The van der Waals surface area contributed by atoms with Crippen molar-refractivity contribution in [1.29, 1.82) is 5.26 Å². The maximum absolute atomic E-state index is 12.8. The number of hydrogen-bond acceptors (Lipinski definition) is 2. The van der Waals surface area contributed by atoms with Gasteiger partial charge in [-0.3, -0.25) is 4.99 Å². The standard InChI is InChI=1S/C23H16BrF3N2/c24-20-9-5-4-8-18(20)14-21(16-6-2-1-3-7-16)29-22(15-28)17-10-12-19(13-11-17)23(25,26)27/h1-13,21H,14H2/t21-/m1/s1. The van der Waals surface area contributed by atoms with E-state index in [1.54, 1.807) is 0 Å². The molecule has 2 nitrogen and oxygen atoms in total. The summed E-state index contributed by atoms with van der Waals surface area (Å²) >= 11 is 3.53. The van der Waals surface area contributed by atoms with Crippen molar-refractivity contribution in [2.45, 2.75) is 18.6 Å². The predicted octanol–water partition coefficient (Wildman–Crippen LogP) is 6.76. The van der Waals surface area contributed by atoms with Gasteiger partial charge < -0.3 is 0 Å². The first-order valence-electron chi connectivity index (χ1n) is 8.82. The van der Waals surface area contributed by atoms with Crippen LogP contribution in [0.1, 0.15) is 28.3 Å². The molecule has 0 aromatic heterocycles. The first-order valence-corrected chi connectivity index (χ1v) is 9.61. The Morgan fingerprint density at radius 2 is 1.55 bits per heavy atom. The van der Waals surface area contributed by atoms with E-state index in [0.717, 1.165) is 27.7 Å². The van der Waals surface area contributed by atoms with Crippen molar-refractivity contribution in [2.75, 3.05) is 0 Å². The minimum Gasteiger partial charge on any atom is -0.265 e. The van der Waals surface area contributed by atoms with Crippen molar-refractivity contribution < 1.29 is 13.2 Å². The minimum atomic E-state index is -4.42. The molecule has 3 rings (SSSR count). The van der Waals surface area contributed by atoms with E-state index in [0.29, 0.717) is 12.0 Å². The predicted molar refractivity (Wildman–Crippen MR) is 111 cm³/mol. The molecule has 0 heterocycles. The Kier molecular flexibility index (Phi) is 6.50. The maximum Gasteiger partial charge on any atom is 0.416 e. The average Bonchev–Trinajstić information content (AvgIpc) is 2.72. The van der Waals surface area contributed by atoms with Crippen molar-refractivity contribution >= 4 is 21.6 Å². The fourth-order valence-corrected chi connectivity index (χ4v) is 3.37. The van der Waals surface area contributed by atoms with Crippen molar-refractivity contribution in [3.05, 3.63) is 106 Å². The summed E-state index contributed by atoms with van der Waals surface area (Å²) in [6.45, 7) is 0. The molecule has 0 aliphatic heterocycles. The van der Waals surface area contributed by atoms with Crippen molar-refractivity contribution in [2.24, 2.45) is 4.99 Å². The highest BCUT2D eigenvalue weighted by molar-refractivity contribution is 9.10. The number of hydrogen-bond donors (Lipinski definition) is 0. The summed E-state index contributed by atoms with van der Waals surface area (Å²) in [4.78, 5) is 4.62. The first-order chi connectivity index (χ1) is 13.9. The van der Waals surface area contributed by atoms with Crippen LogP contribution < -0.4 is 0 Å². The highest BCUT2D eigenvalue weighted by Crippen LogP contribution is 2.30. The van der Waals surface area contributed by atoms with E-state index in [1.165, 1.54) is 12.1 Å². The first kappa shape index (κ1) is 20.8. The van der Waals surface area contributed by atoms with Gasteiger partial charge in [0, 0.05) is 16.5 Å². The molecular weight excluding hydrogens is 441 g/mol. The Balaban J connectivity index is 1.99. The van der Waals surface area contributed by atoms with Gasteiger partial charge in [-0.15, -0.1) is 0 Å². The summed E-state index contributed by atoms with van der Waals surface area (Å²) in [5.74, 6) is 0. The summed E-state index contributed by atoms with van der Waals surface area (Å²) in [5.41, 5.74) is 1.64. The molecule has 0 amide bonds. The van der Waals surface area contributed by atoms with E-state index in [2.05, 4.69) is 20.9 Å². The number of aliphatic imine (C=N–C) groups is 1. The number of rotatable bonds is 5. The van der Waals surface area contributed by atoms with Crippen molar-refractivity contribution in [3.63, 3.8) is 0 Å². The van der Waals surface area contributed by atoms with Gasteiger partial charge in [-0.1, -0.05) is 76.6 Å². The van der Waals surface area contributed by atoms with E-state index in [-0.39, 0.29) is 11.8 Å². The second kappa shape index (κ2) is 9.06. The summed E-state index contributed by atoms with van der Waals surface area (Å²) in [6.07, 6.45) is -3.88. The van der Waals surface area contributed by atoms with E-state index in [4.69, 9.17) is 0 Å². The van der Waals surface area contributed by atoms with Crippen LogP contribution in [0.5, 0.6) is 0 Å². The second-order valence-corrected chi connectivity index (χ2v) is 7.24. The van der Waals surface area contributed by atoms with Gasteiger partial charge in [-0.2, -0.15) is 18.4 Å². The number of nitriles is 1. The zero-order chi connectivity index (χ0) is 20.9. The molecule has 29 heavy (non-hydrogen) atoms. The van der Waals surface area contributed by atoms with Crippen LogP contribution in [0.2, 0.25) is 0 Å². The molecule has 0 saturated heterocycles. The molecule has 0 radical (unpaired) electrons. The normalized spacial score (nSPS) is 13.0. The second-order valence-electron chi connectivity index (χ2n) is 6.39. The van der Waals surface area contributed by atoms with Crippen molar-refractivity contribution in [3.8, 4) is 6.07 Å². The summed E-state index contributed by atoms with van der Waals surface area (Å²) in [5, 5.41) is 9.61. The monoisotopic (exact) mass is 456 g/mol. The zero-order valence-corrected chi connectivity index (χ0v) is 16.8. The molecule has 0 spiro atoms. The Hall–Kier alpha value is -2.91. The molecule has 0 aliphatic rings. The zero-order valence-electron chi connectivity index (χ0n) is 15.2. The number of alkyl halides is 3. The van der Waals surface area contributed by atoms with Crippen LogP contribution in [-0.2, 0) is 12.6 Å². The Labute approximate surface area is 175 Å². The molecule has 3 aromatic carbocycles. The van der Waals surface area contributed by atoms with Crippen molar-refractivity contribution in [1.82, 2.24) is 0 Å². The quantitative estimate of drug-likeness (QED) is 0.390. The van der Waals surface area contributed by atoms with Gasteiger partial charge in [-0.05, 0) is 29.3 Å². The van der Waals surface area contributed by atoms with Gasteiger partial charge in [0.05, 0.1) is 11.6 Å². The summed E-state index contributed by atoms with van der Waals surface area (Å²) < 4.78 is 39.4. The average molecular weight is 457 g/mol. The molecular formula is C23H16BrF3N2. The lowest BCUT2D eigenvalue weighted by Gasteiger charge is -2.15.